The average Bonchev–Trinajstić information content (AvgIpc) is 2.87. The van der Waals surface area contributed by atoms with Crippen LogP contribution in [0.15, 0.2) is 18.3 Å². The second kappa shape index (κ2) is 4.70. The quantitative estimate of drug-likeness (QED) is 0.824. The summed E-state index contributed by atoms with van der Waals surface area (Å²) >= 11 is 0. The summed E-state index contributed by atoms with van der Waals surface area (Å²) < 4.78 is 1.85. The molecule has 1 saturated heterocycles. The van der Waals surface area contributed by atoms with Gasteiger partial charge in [0.15, 0.2) is 0 Å². The minimum absolute atomic E-state index is 0.105. The zero-order valence-electron chi connectivity index (χ0n) is 9.59. The zero-order valence-corrected chi connectivity index (χ0v) is 9.59. The Morgan fingerprint density at radius 1 is 1.62 bits per heavy atom. The fourth-order valence-corrected chi connectivity index (χ4v) is 2.28. The lowest BCUT2D eigenvalue weighted by Gasteiger charge is -2.16. The van der Waals surface area contributed by atoms with Gasteiger partial charge in [-0.15, -0.1) is 0 Å². The van der Waals surface area contributed by atoms with Crippen LogP contribution in [-0.2, 0) is 7.05 Å². The van der Waals surface area contributed by atoms with Crippen LogP contribution in [0.4, 0.5) is 0 Å². The molecule has 1 aliphatic heterocycles. The Balaban J connectivity index is 2.00. The number of carbonyl (C=O) groups excluding carboxylic acids is 1. The first kappa shape index (κ1) is 11.2. The van der Waals surface area contributed by atoms with Crippen LogP contribution in [0.25, 0.3) is 0 Å². The molecule has 1 aromatic heterocycles. The van der Waals surface area contributed by atoms with Crippen LogP contribution in [0.5, 0.6) is 0 Å². The lowest BCUT2D eigenvalue weighted by Crippen LogP contribution is -2.30. The van der Waals surface area contributed by atoms with Crippen molar-refractivity contribution in [2.75, 3.05) is 19.7 Å². The maximum absolute atomic E-state index is 12.1. The Bertz CT molecular complexity index is 373. The highest BCUT2D eigenvalue weighted by atomic mass is 16.3. The van der Waals surface area contributed by atoms with Gasteiger partial charge in [-0.05, 0) is 30.9 Å². The third-order valence-corrected chi connectivity index (χ3v) is 3.27. The van der Waals surface area contributed by atoms with Crippen LogP contribution in [0.2, 0.25) is 0 Å². The second-order valence-corrected chi connectivity index (χ2v) is 4.42. The van der Waals surface area contributed by atoms with E-state index in [0.717, 1.165) is 31.6 Å². The van der Waals surface area contributed by atoms with Crippen molar-refractivity contribution in [3.8, 4) is 0 Å². The molecule has 4 nitrogen and oxygen atoms in total. The van der Waals surface area contributed by atoms with E-state index < -0.39 is 0 Å². The van der Waals surface area contributed by atoms with Crippen molar-refractivity contribution < 1.29 is 9.90 Å². The Morgan fingerprint density at radius 2 is 2.44 bits per heavy atom. The van der Waals surface area contributed by atoms with Crippen LogP contribution < -0.4 is 0 Å². The Morgan fingerprint density at radius 3 is 3.06 bits per heavy atom. The van der Waals surface area contributed by atoms with Gasteiger partial charge in [-0.3, -0.25) is 4.79 Å². The summed E-state index contributed by atoms with van der Waals surface area (Å²) in [6.45, 7) is 1.82. The van der Waals surface area contributed by atoms with Crippen molar-refractivity contribution in [1.82, 2.24) is 9.47 Å². The third-order valence-electron chi connectivity index (χ3n) is 3.27. The van der Waals surface area contributed by atoms with Gasteiger partial charge < -0.3 is 14.6 Å². The van der Waals surface area contributed by atoms with E-state index in [1.54, 1.807) is 0 Å². The normalized spacial score (nSPS) is 20.4. The molecule has 0 aromatic carbocycles. The van der Waals surface area contributed by atoms with Gasteiger partial charge in [0.05, 0.1) is 0 Å². The SMILES string of the molecule is Cn1cccc1C(=O)N1CCC(CCO)C1. The van der Waals surface area contributed by atoms with Crippen LogP contribution >= 0.6 is 0 Å². The van der Waals surface area contributed by atoms with E-state index in [1.807, 2.05) is 34.8 Å². The molecule has 1 N–H and O–H groups in total. The molecule has 1 amide bonds. The van der Waals surface area contributed by atoms with E-state index in [0.29, 0.717) is 5.92 Å². The number of hydrogen-bond donors (Lipinski definition) is 1. The summed E-state index contributed by atoms with van der Waals surface area (Å²) in [5.74, 6) is 0.571. The number of aliphatic hydroxyl groups excluding tert-OH is 1. The largest absolute Gasteiger partial charge is 0.396 e. The standard InChI is InChI=1S/C12H18N2O2/c1-13-6-2-3-11(13)12(16)14-7-4-10(9-14)5-8-15/h2-3,6,10,15H,4-5,7-9H2,1H3. The molecule has 0 radical (unpaired) electrons. The Hall–Kier alpha value is -1.29. The number of carbonyl (C=O) groups is 1. The number of likely N-dealkylation sites (tertiary alicyclic amines) is 1. The van der Waals surface area contributed by atoms with E-state index in [2.05, 4.69) is 0 Å². The van der Waals surface area contributed by atoms with Crippen LogP contribution in [0.1, 0.15) is 23.3 Å². The summed E-state index contributed by atoms with van der Waals surface area (Å²) in [6.07, 6.45) is 3.70. The summed E-state index contributed by atoms with van der Waals surface area (Å²) in [7, 11) is 1.88. The first-order valence-corrected chi connectivity index (χ1v) is 5.74. The molecule has 1 aliphatic rings. The Kier molecular flexibility index (Phi) is 3.29. The molecule has 1 atom stereocenters. The highest BCUT2D eigenvalue weighted by molar-refractivity contribution is 5.92. The van der Waals surface area contributed by atoms with Gasteiger partial charge in [-0.25, -0.2) is 0 Å². The number of aliphatic hydroxyl groups is 1. The van der Waals surface area contributed by atoms with Gasteiger partial charge in [0.25, 0.3) is 5.91 Å². The lowest BCUT2D eigenvalue weighted by atomic mass is 10.1. The van der Waals surface area contributed by atoms with Gasteiger partial charge in [0.2, 0.25) is 0 Å². The number of aromatic nitrogens is 1. The fraction of sp³-hybridized carbons (Fsp3) is 0.583. The van der Waals surface area contributed by atoms with E-state index in [4.69, 9.17) is 5.11 Å². The van der Waals surface area contributed by atoms with Crippen LogP contribution in [0, 0.1) is 5.92 Å². The monoisotopic (exact) mass is 222 g/mol. The highest BCUT2D eigenvalue weighted by Gasteiger charge is 2.27. The van der Waals surface area contributed by atoms with Crippen molar-refractivity contribution >= 4 is 5.91 Å². The molecule has 2 rings (SSSR count). The fourth-order valence-electron chi connectivity index (χ4n) is 2.28. The summed E-state index contributed by atoms with van der Waals surface area (Å²) in [5.41, 5.74) is 0.740. The van der Waals surface area contributed by atoms with Crippen LogP contribution in [-0.4, -0.2) is 40.2 Å². The number of aryl methyl sites for hydroxylation is 1. The third kappa shape index (κ3) is 2.11. The van der Waals surface area contributed by atoms with E-state index in [9.17, 15) is 4.79 Å². The van der Waals surface area contributed by atoms with Crippen LogP contribution in [0.3, 0.4) is 0 Å². The molecule has 16 heavy (non-hydrogen) atoms. The molecule has 2 heterocycles. The predicted octanol–water partition coefficient (Wildman–Crippen LogP) is 0.870. The van der Waals surface area contributed by atoms with Crippen molar-refractivity contribution in [2.24, 2.45) is 13.0 Å². The molecule has 1 fully saturated rings. The van der Waals surface area contributed by atoms with Gasteiger partial charge in [0.1, 0.15) is 5.69 Å². The summed E-state index contributed by atoms with van der Waals surface area (Å²) in [6, 6.07) is 3.73. The minimum atomic E-state index is 0.105. The van der Waals surface area contributed by atoms with E-state index >= 15 is 0 Å². The van der Waals surface area contributed by atoms with Gasteiger partial charge in [-0.1, -0.05) is 0 Å². The maximum atomic E-state index is 12.1. The molecule has 0 aliphatic carbocycles. The Labute approximate surface area is 95.5 Å². The van der Waals surface area contributed by atoms with E-state index in [1.165, 1.54) is 0 Å². The molecular weight excluding hydrogens is 204 g/mol. The van der Waals surface area contributed by atoms with Gasteiger partial charge >= 0.3 is 0 Å². The van der Waals surface area contributed by atoms with Gasteiger partial charge in [-0.2, -0.15) is 0 Å². The van der Waals surface area contributed by atoms with Crippen molar-refractivity contribution in [3.05, 3.63) is 24.0 Å². The number of amides is 1. The highest BCUT2D eigenvalue weighted by Crippen LogP contribution is 2.21. The summed E-state index contributed by atoms with van der Waals surface area (Å²) in [4.78, 5) is 14.0. The number of hydrogen-bond acceptors (Lipinski definition) is 2. The smallest absolute Gasteiger partial charge is 0.270 e. The first-order chi connectivity index (χ1) is 7.72. The van der Waals surface area contributed by atoms with E-state index in [-0.39, 0.29) is 12.5 Å². The lowest BCUT2D eigenvalue weighted by molar-refractivity contribution is 0.0775. The van der Waals surface area contributed by atoms with Crippen molar-refractivity contribution in [3.63, 3.8) is 0 Å². The molecule has 1 unspecified atom stereocenters. The van der Waals surface area contributed by atoms with Crippen molar-refractivity contribution in [2.45, 2.75) is 12.8 Å². The molecule has 0 saturated carbocycles. The molecular formula is C12H18N2O2. The number of nitrogens with zero attached hydrogens (tertiary/aromatic N) is 2. The molecule has 0 bridgehead atoms. The molecule has 4 heteroatoms. The topological polar surface area (TPSA) is 45.5 Å². The second-order valence-electron chi connectivity index (χ2n) is 4.42. The zero-order chi connectivity index (χ0) is 11.5. The summed E-state index contributed by atoms with van der Waals surface area (Å²) in [5, 5.41) is 8.87. The number of rotatable bonds is 3. The van der Waals surface area contributed by atoms with Gasteiger partial charge in [0, 0.05) is 32.9 Å². The maximum Gasteiger partial charge on any atom is 0.270 e. The first-order valence-electron chi connectivity index (χ1n) is 5.74. The molecule has 0 spiro atoms. The molecule has 88 valence electrons. The average molecular weight is 222 g/mol. The van der Waals surface area contributed by atoms with Crippen molar-refractivity contribution in [1.29, 1.82) is 0 Å². The predicted molar refractivity (Wildman–Crippen MR) is 61.1 cm³/mol. The minimum Gasteiger partial charge on any atom is -0.396 e. The molecule has 1 aromatic rings.